The van der Waals surface area contributed by atoms with Crippen LogP contribution in [0, 0.1) is 11.6 Å². The van der Waals surface area contributed by atoms with E-state index in [2.05, 4.69) is 10.1 Å². The zero-order chi connectivity index (χ0) is 10.1. The number of hydrogen-bond acceptors (Lipinski definition) is 2. The summed E-state index contributed by atoms with van der Waals surface area (Å²) < 4.78 is 30.6. The molecule has 0 bridgehead atoms. The van der Waals surface area contributed by atoms with Crippen LogP contribution in [0.2, 0.25) is 0 Å². The molecule has 0 aliphatic carbocycles. The number of carbonyl (C=O) groups excluding carboxylic acids is 1. The summed E-state index contributed by atoms with van der Waals surface area (Å²) in [6.07, 6.45) is -0.612. The number of nitrogens with one attached hydrogen (secondary N) is 1. The highest BCUT2D eigenvalue weighted by Crippen LogP contribution is 2.22. The van der Waals surface area contributed by atoms with Crippen LogP contribution in [-0.2, 0) is 4.74 Å². The molecule has 1 saturated heterocycles. The summed E-state index contributed by atoms with van der Waals surface area (Å²) in [5, 5.41) is 2.37. The van der Waals surface area contributed by atoms with Crippen LogP contribution < -0.4 is 5.32 Å². The molecule has 0 radical (unpaired) electrons. The number of alkyl carbamates (subject to hydrolysis) is 1. The number of amides is 1. The first-order chi connectivity index (χ1) is 6.68. The Morgan fingerprint density at radius 3 is 2.86 bits per heavy atom. The smallest absolute Gasteiger partial charge is 0.407 e. The van der Waals surface area contributed by atoms with E-state index >= 15 is 0 Å². The summed E-state index contributed by atoms with van der Waals surface area (Å²) in [7, 11) is 0. The average Bonchev–Trinajstić information content (AvgIpc) is 2.57. The van der Waals surface area contributed by atoms with Crippen molar-refractivity contribution in [2.45, 2.75) is 6.04 Å². The van der Waals surface area contributed by atoms with Gasteiger partial charge in [-0.25, -0.2) is 13.6 Å². The number of benzene rings is 1. The molecule has 2 rings (SSSR count). The molecule has 74 valence electrons. The maximum atomic E-state index is 13.2. The van der Waals surface area contributed by atoms with Gasteiger partial charge in [0.05, 0.1) is 6.04 Å². The molecule has 1 heterocycles. The van der Waals surface area contributed by atoms with Crippen LogP contribution in [0.3, 0.4) is 0 Å². The molecule has 1 N–H and O–H groups in total. The van der Waals surface area contributed by atoms with Crippen molar-refractivity contribution < 1.29 is 18.3 Å². The third-order valence-electron chi connectivity index (χ3n) is 2.03. The van der Waals surface area contributed by atoms with E-state index in [0.29, 0.717) is 0 Å². The number of hydrogen-bond donors (Lipinski definition) is 1. The van der Waals surface area contributed by atoms with Gasteiger partial charge in [0.2, 0.25) is 0 Å². The third kappa shape index (κ3) is 1.41. The number of halogens is 2. The van der Waals surface area contributed by atoms with E-state index in [9.17, 15) is 13.6 Å². The van der Waals surface area contributed by atoms with E-state index in [1.807, 2.05) is 0 Å². The SMILES string of the molecule is O=C1N[C@H](c2cccc(F)c2F)CO1. The summed E-state index contributed by atoms with van der Waals surface area (Å²) in [5.41, 5.74) is 0.107. The Balaban J connectivity index is 2.32. The van der Waals surface area contributed by atoms with E-state index in [-0.39, 0.29) is 12.2 Å². The van der Waals surface area contributed by atoms with Crippen LogP contribution in [0.15, 0.2) is 18.2 Å². The quantitative estimate of drug-likeness (QED) is 0.748. The lowest BCUT2D eigenvalue weighted by Crippen LogP contribution is -2.19. The molecule has 1 amide bonds. The minimum atomic E-state index is -0.941. The van der Waals surface area contributed by atoms with E-state index in [0.717, 1.165) is 6.07 Å². The van der Waals surface area contributed by atoms with Crippen molar-refractivity contribution >= 4 is 6.09 Å². The van der Waals surface area contributed by atoms with Gasteiger partial charge in [-0.3, -0.25) is 0 Å². The molecule has 0 aromatic heterocycles. The summed E-state index contributed by atoms with van der Waals surface area (Å²) in [6.45, 7) is 0.0270. The molecule has 0 spiro atoms. The largest absolute Gasteiger partial charge is 0.447 e. The maximum absolute atomic E-state index is 13.2. The van der Waals surface area contributed by atoms with Gasteiger partial charge in [0.25, 0.3) is 0 Å². The fourth-order valence-electron chi connectivity index (χ4n) is 1.34. The Labute approximate surface area is 78.7 Å². The van der Waals surface area contributed by atoms with Crippen LogP contribution in [-0.4, -0.2) is 12.7 Å². The molecular weight excluding hydrogens is 192 g/mol. The standard InChI is InChI=1S/C9H7F2NO2/c10-6-3-1-2-5(8(6)11)7-4-14-9(13)12-7/h1-3,7H,4H2,(H,12,13)/t7-/m0/s1. The molecule has 1 aliphatic heterocycles. The van der Waals surface area contributed by atoms with Crippen molar-refractivity contribution in [3.8, 4) is 0 Å². The predicted octanol–water partition coefficient (Wildman–Crippen LogP) is 1.75. The van der Waals surface area contributed by atoms with Crippen LogP contribution in [0.5, 0.6) is 0 Å². The van der Waals surface area contributed by atoms with Gasteiger partial charge in [-0.05, 0) is 6.07 Å². The van der Waals surface area contributed by atoms with Gasteiger partial charge >= 0.3 is 6.09 Å². The highest BCUT2D eigenvalue weighted by Gasteiger charge is 2.26. The first-order valence-electron chi connectivity index (χ1n) is 4.05. The van der Waals surface area contributed by atoms with Crippen molar-refractivity contribution in [1.82, 2.24) is 5.32 Å². The van der Waals surface area contributed by atoms with E-state index < -0.39 is 23.8 Å². The fourth-order valence-corrected chi connectivity index (χ4v) is 1.34. The first-order valence-corrected chi connectivity index (χ1v) is 4.05. The van der Waals surface area contributed by atoms with Crippen molar-refractivity contribution in [3.63, 3.8) is 0 Å². The summed E-state index contributed by atoms with van der Waals surface area (Å²) in [5.74, 6) is -1.87. The van der Waals surface area contributed by atoms with Gasteiger partial charge in [0, 0.05) is 5.56 Å². The minimum absolute atomic E-state index is 0.0270. The molecule has 14 heavy (non-hydrogen) atoms. The molecule has 0 saturated carbocycles. The molecule has 5 heteroatoms. The zero-order valence-electron chi connectivity index (χ0n) is 7.09. The Bertz CT molecular complexity index is 381. The topological polar surface area (TPSA) is 38.3 Å². The molecule has 1 fully saturated rings. The average molecular weight is 199 g/mol. The van der Waals surface area contributed by atoms with E-state index in [1.54, 1.807) is 0 Å². The number of cyclic esters (lactones) is 1. The monoisotopic (exact) mass is 199 g/mol. The van der Waals surface area contributed by atoms with Crippen molar-refractivity contribution in [3.05, 3.63) is 35.4 Å². The molecule has 1 atom stereocenters. The maximum Gasteiger partial charge on any atom is 0.407 e. The summed E-state index contributed by atoms with van der Waals surface area (Å²) in [6, 6.07) is 3.23. The normalized spacial score (nSPS) is 20.4. The second-order valence-electron chi connectivity index (χ2n) is 2.94. The highest BCUT2D eigenvalue weighted by atomic mass is 19.2. The van der Waals surface area contributed by atoms with Crippen molar-refractivity contribution in [1.29, 1.82) is 0 Å². The molecular formula is C9H7F2NO2. The summed E-state index contributed by atoms with van der Waals surface area (Å²) >= 11 is 0. The number of ether oxygens (including phenoxy) is 1. The van der Waals surface area contributed by atoms with Gasteiger partial charge in [0.15, 0.2) is 11.6 Å². The van der Waals surface area contributed by atoms with Gasteiger partial charge in [-0.2, -0.15) is 0 Å². The van der Waals surface area contributed by atoms with Gasteiger partial charge in [-0.15, -0.1) is 0 Å². The lowest BCUT2D eigenvalue weighted by atomic mass is 10.1. The highest BCUT2D eigenvalue weighted by molar-refractivity contribution is 5.70. The fraction of sp³-hybridized carbons (Fsp3) is 0.222. The zero-order valence-corrected chi connectivity index (χ0v) is 7.09. The third-order valence-corrected chi connectivity index (χ3v) is 2.03. The summed E-state index contributed by atoms with van der Waals surface area (Å²) in [4.78, 5) is 10.7. The first kappa shape index (κ1) is 8.93. The molecule has 0 unspecified atom stereocenters. The lowest BCUT2D eigenvalue weighted by molar-refractivity contribution is 0.176. The Morgan fingerprint density at radius 2 is 2.21 bits per heavy atom. The Morgan fingerprint density at radius 1 is 1.43 bits per heavy atom. The minimum Gasteiger partial charge on any atom is -0.447 e. The van der Waals surface area contributed by atoms with Crippen LogP contribution in [0.25, 0.3) is 0 Å². The Kier molecular flexibility index (Phi) is 2.07. The van der Waals surface area contributed by atoms with E-state index in [1.165, 1.54) is 12.1 Å². The van der Waals surface area contributed by atoms with Crippen molar-refractivity contribution in [2.75, 3.05) is 6.61 Å². The van der Waals surface area contributed by atoms with Crippen molar-refractivity contribution in [2.24, 2.45) is 0 Å². The van der Waals surface area contributed by atoms with Crippen LogP contribution in [0.4, 0.5) is 13.6 Å². The predicted molar refractivity (Wildman–Crippen MR) is 43.6 cm³/mol. The van der Waals surface area contributed by atoms with Gasteiger partial charge in [-0.1, -0.05) is 12.1 Å². The second-order valence-corrected chi connectivity index (χ2v) is 2.94. The lowest BCUT2D eigenvalue weighted by Gasteiger charge is -2.08. The Hall–Kier alpha value is -1.65. The molecule has 3 nitrogen and oxygen atoms in total. The number of carbonyl (C=O) groups is 1. The van der Waals surface area contributed by atoms with Gasteiger partial charge < -0.3 is 10.1 Å². The number of rotatable bonds is 1. The molecule has 1 aromatic rings. The molecule has 1 aromatic carbocycles. The van der Waals surface area contributed by atoms with Crippen LogP contribution in [0.1, 0.15) is 11.6 Å². The molecule has 1 aliphatic rings. The second kappa shape index (κ2) is 3.25. The van der Waals surface area contributed by atoms with Gasteiger partial charge in [0.1, 0.15) is 6.61 Å². The van der Waals surface area contributed by atoms with E-state index in [4.69, 9.17) is 0 Å². The van der Waals surface area contributed by atoms with Crippen LogP contribution >= 0.6 is 0 Å².